The molecule has 0 radical (unpaired) electrons. The molecule has 5 rings (SSSR count). The summed E-state index contributed by atoms with van der Waals surface area (Å²) in [7, 11) is 4.23. The van der Waals surface area contributed by atoms with Gasteiger partial charge in [-0.15, -0.1) is 0 Å². The van der Waals surface area contributed by atoms with Crippen LogP contribution in [-0.4, -0.2) is 53.1 Å². The molecule has 1 saturated heterocycles. The van der Waals surface area contributed by atoms with E-state index >= 15 is 0 Å². The fraction of sp³-hybridized carbons (Fsp3) is 0.273. The molecule has 1 atom stereocenters. The molecule has 0 spiro atoms. The number of H-pyrrole nitrogens is 2. The zero-order valence-electron chi connectivity index (χ0n) is 17.2. The van der Waals surface area contributed by atoms with Crippen molar-refractivity contribution < 1.29 is 0 Å². The first kappa shape index (κ1) is 20.2. The minimum absolute atomic E-state index is 0.249. The highest BCUT2D eigenvalue weighted by atomic mass is 35.5. The zero-order valence-corrected chi connectivity index (χ0v) is 18.7. The lowest BCUT2D eigenvalue weighted by Gasteiger charge is -2.21. The predicted octanol–water partition coefficient (Wildman–Crippen LogP) is 4.10. The molecule has 3 heterocycles. The lowest BCUT2D eigenvalue weighted by Crippen LogP contribution is -2.31. The van der Waals surface area contributed by atoms with Crippen molar-refractivity contribution in [1.29, 1.82) is 0 Å². The van der Waals surface area contributed by atoms with Crippen molar-refractivity contribution in [1.82, 2.24) is 19.9 Å². The smallest absolute Gasteiger partial charge is 0.261 e. The third-order valence-electron chi connectivity index (χ3n) is 6.07. The minimum atomic E-state index is -0.337. The van der Waals surface area contributed by atoms with Gasteiger partial charge in [-0.25, -0.2) is 4.98 Å². The van der Waals surface area contributed by atoms with Crippen LogP contribution in [0.2, 0.25) is 10.0 Å². The number of nitrogens with one attached hydrogen (secondary N) is 2. The number of hydrogen-bond acceptors (Lipinski definition) is 5. The highest BCUT2D eigenvalue weighted by Crippen LogP contribution is 2.36. The molecule has 0 unspecified atom stereocenters. The first-order valence-electron chi connectivity index (χ1n) is 10.0. The van der Waals surface area contributed by atoms with Gasteiger partial charge in [-0.3, -0.25) is 4.79 Å². The molecular formula is C22H22Cl2N6O. The third kappa shape index (κ3) is 3.33. The first-order chi connectivity index (χ1) is 14.8. The lowest BCUT2D eigenvalue weighted by atomic mass is 10.1. The first-order valence-corrected chi connectivity index (χ1v) is 10.8. The van der Waals surface area contributed by atoms with Gasteiger partial charge in [0.1, 0.15) is 11.4 Å². The molecule has 0 aliphatic carbocycles. The van der Waals surface area contributed by atoms with E-state index < -0.39 is 0 Å². The lowest BCUT2D eigenvalue weighted by molar-refractivity contribution is 0.315. The van der Waals surface area contributed by atoms with E-state index in [0.29, 0.717) is 32.8 Å². The van der Waals surface area contributed by atoms with Gasteiger partial charge < -0.3 is 25.5 Å². The number of aromatic nitrogens is 3. The van der Waals surface area contributed by atoms with Crippen molar-refractivity contribution in [3.05, 3.63) is 50.7 Å². The summed E-state index contributed by atoms with van der Waals surface area (Å²) in [6, 6.07) is 9.96. The van der Waals surface area contributed by atoms with Crippen LogP contribution in [-0.2, 0) is 0 Å². The maximum Gasteiger partial charge on any atom is 0.261 e. The number of nitrogens with two attached hydrogens (primary N) is 1. The number of anilines is 2. The maximum absolute atomic E-state index is 12.8. The maximum atomic E-state index is 12.8. The second-order valence-corrected chi connectivity index (χ2v) is 8.95. The monoisotopic (exact) mass is 456 g/mol. The Kier molecular flexibility index (Phi) is 4.84. The van der Waals surface area contributed by atoms with Gasteiger partial charge in [0.25, 0.3) is 5.56 Å². The normalized spacial score (nSPS) is 16.8. The number of nitrogen functional groups attached to an aromatic ring is 1. The van der Waals surface area contributed by atoms with Crippen molar-refractivity contribution in [3.63, 3.8) is 0 Å². The van der Waals surface area contributed by atoms with E-state index in [1.54, 1.807) is 12.1 Å². The van der Waals surface area contributed by atoms with Crippen LogP contribution in [0.5, 0.6) is 0 Å². The molecule has 9 heteroatoms. The molecule has 7 nitrogen and oxygen atoms in total. The SMILES string of the molecule is CN(C)[C@H]1CCN(c2ccc3[nH]c(-c4c(N)c5c(Cl)c(Cl)ccc5[nH]c4=O)nc3c2)C1. The van der Waals surface area contributed by atoms with Crippen LogP contribution in [0.25, 0.3) is 33.3 Å². The molecule has 4 aromatic rings. The Hall–Kier alpha value is -2.74. The summed E-state index contributed by atoms with van der Waals surface area (Å²) in [5.74, 6) is 0.399. The Bertz CT molecular complexity index is 1380. The Morgan fingerprint density at radius 2 is 1.94 bits per heavy atom. The molecule has 2 aromatic carbocycles. The number of aromatic amines is 2. The highest BCUT2D eigenvalue weighted by molar-refractivity contribution is 6.46. The van der Waals surface area contributed by atoms with Gasteiger partial charge in [0.2, 0.25) is 0 Å². The van der Waals surface area contributed by atoms with E-state index in [9.17, 15) is 4.79 Å². The number of pyridine rings is 1. The number of likely N-dealkylation sites (N-methyl/N-ethyl adjacent to an activating group) is 1. The summed E-state index contributed by atoms with van der Waals surface area (Å²) in [5, 5.41) is 1.18. The minimum Gasteiger partial charge on any atom is -0.397 e. The van der Waals surface area contributed by atoms with E-state index in [4.69, 9.17) is 28.9 Å². The molecule has 160 valence electrons. The second-order valence-electron chi connectivity index (χ2n) is 8.17. The van der Waals surface area contributed by atoms with E-state index in [1.165, 1.54) is 0 Å². The standard InChI is InChI=1S/C22H22Cl2N6O/c1-29(2)12-7-8-30(10-12)11-3-5-14-16(9-11)27-21(26-14)18-20(25)17-15(28-22(18)31)6-4-13(23)19(17)24/h3-6,9,12H,7-8,10H2,1-2H3,(H,26,27)(H3,25,28,31)/t12-/m0/s1. The summed E-state index contributed by atoms with van der Waals surface area (Å²) in [6.07, 6.45) is 1.13. The summed E-state index contributed by atoms with van der Waals surface area (Å²) in [5.41, 5.74) is 9.80. The molecule has 1 aliphatic rings. The zero-order chi connectivity index (χ0) is 21.9. The Balaban J connectivity index is 1.59. The van der Waals surface area contributed by atoms with E-state index in [1.807, 2.05) is 12.1 Å². The molecule has 0 amide bonds. The molecule has 1 fully saturated rings. The molecule has 31 heavy (non-hydrogen) atoms. The van der Waals surface area contributed by atoms with Gasteiger partial charge in [0, 0.05) is 30.2 Å². The largest absolute Gasteiger partial charge is 0.397 e. The van der Waals surface area contributed by atoms with Crippen LogP contribution >= 0.6 is 23.2 Å². The summed E-state index contributed by atoms with van der Waals surface area (Å²) in [4.78, 5) is 28.2. The average molecular weight is 457 g/mol. The summed E-state index contributed by atoms with van der Waals surface area (Å²) >= 11 is 12.5. The number of hydrogen-bond donors (Lipinski definition) is 3. The van der Waals surface area contributed by atoms with E-state index in [2.05, 4.69) is 44.9 Å². The second kappa shape index (κ2) is 7.44. The summed E-state index contributed by atoms with van der Waals surface area (Å²) < 4.78 is 0. The van der Waals surface area contributed by atoms with Crippen molar-refractivity contribution in [2.45, 2.75) is 12.5 Å². The van der Waals surface area contributed by atoms with Gasteiger partial charge in [-0.2, -0.15) is 0 Å². The van der Waals surface area contributed by atoms with Gasteiger partial charge in [0.15, 0.2) is 0 Å². The van der Waals surface area contributed by atoms with Crippen molar-refractivity contribution in [2.24, 2.45) is 0 Å². The fourth-order valence-corrected chi connectivity index (χ4v) is 4.72. The Morgan fingerprint density at radius 3 is 2.68 bits per heavy atom. The van der Waals surface area contributed by atoms with Crippen LogP contribution in [0.15, 0.2) is 35.1 Å². The number of imidazole rings is 1. The van der Waals surface area contributed by atoms with Crippen LogP contribution in [0.3, 0.4) is 0 Å². The topological polar surface area (TPSA) is 94.0 Å². The fourth-order valence-electron chi connectivity index (χ4n) is 4.29. The number of halogens is 2. The number of benzene rings is 2. The van der Waals surface area contributed by atoms with Crippen LogP contribution in [0.1, 0.15) is 6.42 Å². The molecular weight excluding hydrogens is 435 g/mol. The molecule has 0 bridgehead atoms. The molecule has 2 aromatic heterocycles. The van der Waals surface area contributed by atoms with Crippen LogP contribution < -0.4 is 16.2 Å². The predicted molar refractivity (Wildman–Crippen MR) is 128 cm³/mol. The average Bonchev–Trinajstić information content (AvgIpc) is 3.37. The Morgan fingerprint density at radius 1 is 1.16 bits per heavy atom. The third-order valence-corrected chi connectivity index (χ3v) is 6.88. The number of rotatable bonds is 3. The molecule has 1 aliphatic heterocycles. The number of nitrogens with zero attached hydrogens (tertiary/aromatic N) is 3. The van der Waals surface area contributed by atoms with Crippen molar-refractivity contribution in [3.8, 4) is 11.4 Å². The van der Waals surface area contributed by atoms with Gasteiger partial charge in [0.05, 0.1) is 32.3 Å². The Labute approximate surface area is 188 Å². The highest BCUT2D eigenvalue weighted by Gasteiger charge is 2.25. The summed E-state index contributed by atoms with van der Waals surface area (Å²) in [6.45, 7) is 1.98. The van der Waals surface area contributed by atoms with E-state index in [-0.39, 0.29) is 16.8 Å². The van der Waals surface area contributed by atoms with Gasteiger partial charge in [-0.1, -0.05) is 23.2 Å². The van der Waals surface area contributed by atoms with E-state index in [0.717, 1.165) is 36.2 Å². The quantitative estimate of drug-likeness (QED) is 0.431. The van der Waals surface area contributed by atoms with Crippen LogP contribution in [0.4, 0.5) is 11.4 Å². The van der Waals surface area contributed by atoms with Gasteiger partial charge in [-0.05, 0) is 50.8 Å². The van der Waals surface area contributed by atoms with Crippen LogP contribution in [0, 0.1) is 0 Å². The molecule has 0 saturated carbocycles. The number of fused-ring (bicyclic) bond motifs is 2. The van der Waals surface area contributed by atoms with Crippen molar-refractivity contribution >= 4 is 56.5 Å². The van der Waals surface area contributed by atoms with Gasteiger partial charge >= 0.3 is 0 Å². The molecule has 4 N–H and O–H groups in total. The van der Waals surface area contributed by atoms with Crippen molar-refractivity contribution in [2.75, 3.05) is 37.8 Å².